The van der Waals surface area contributed by atoms with Crippen LogP contribution in [0.4, 0.5) is 0 Å². The van der Waals surface area contributed by atoms with Crippen LogP contribution >= 0.6 is 0 Å². The van der Waals surface area contributed by atoms with Gasteiger partial charge in [-0.15, -0.1) is 0 Å². The molecule has 0 radical (unpaired) electrons. The summed E-state index contributed by atoms with van der Waals surface area (Å²) < 4.78 is 5.26. The summed E-state index contributed by atoms with van der Waals surface area (Å²) in [5, 5.41) is 1.03. The van der Waals surface area contributed by atoms with E-state index < -0.39 is 0 Å². The molecule has 1 aromatic heterocycles. The molecule has 1 aromatic carbocycles. The van der Waals surface area contributed by atoms with E-state index in [2.05, 4.69) is 19.1 Å². The van der Waals surface area contributed by atoms with Crippen LogP contribution in [-0.4, -0.2) is 0 Å². The lowest BCUT2D eigenvalue weighted by Crippen LogP contribution is -1.98. The Balaban J connectivity index is 2.19. The maximum Gasteiger partial charge on any atom is 0.336 e. The van der Waals surface area contributed by atoms with Gasteiger partial charge in [-0.3, -0.25) is 0 Å². The Morgan fingerprint density at radius 3 is 2.72 bits per heavy atom. The van der Waals surface area contributed by atoms with E-state index in [1.54, 1.807) is 6.07 Å². The van der Waals surface area contributed by atoms with Gasteiger partial charge in [-0.25, -0.2) is 4.79 Å². The summed E-state index contributed by atoms with van der Waals surface area (Å²) in [5.41, 5.74) is 2.70. The molecule has 0 aliphatic rings. The minimum atomic E-state index is -0.261. The zero-order valence-corrected chi connectivity index (χ0v) is 11.2. The highest BCUT2D eigenvalue weighted by molar-refractivity contribution is 5.80. The highest BCUT2D eigenvalue weighted by Gasteiger charge is 2.03. The third-order valence-corrected chi connectivity index (χ3v) is 3.33. The fourth-order valence-electron chi connectivity index (χ4n) is 2.28. The number of aryl methyl sites for hydroxylation is 2. The lowest BCUT2D eigenvalue weighted by Gasteiger charge is -2.04. The molecule has 0 N–H and O–H groups in total. The second kappa shape index (κ2) is 5.85. The maximum atomic E-state index is 11.3. The van der Waals surface area contributed by atoms with E-state index in [9.17, 15) is 4.79 Å². The first-order chi connectivity index (χ1) is 8.70. The number of unbranched alkanes of at least 4 members (excludes halogenated alkanes) is 3. The number of hydrogen-bond donors (Lipinski definition) is 0. The highest BCUT2D eigenvalue weighted by Crippen LogP contribution is 2.19. The molecule has 0 amide bonds. The van der Waals surface area contributed by atoms with Crippen LogP contribution < -0.4 is 5.63 Å². The van der Waals surface area contributed by atoms with E-state index in [1.807, 2.05) is 13.0 Å². The molecule has 0 spiro atoms. The van der Waals surface area contributed by atoms with Crippen LogP contribution in [-0.2, 0) is 6.42 Å². The molecule has 1 heterocycles. The largest absolute Gasteiger partial charge is 0.423 e. The average molecular weight is 244 g/mol. The Morgan fingerprint density at radius 1 is 1.11 bits per heavy atom. The monoisotopic (exact) mass is 244 g/mol. The Bertz CT molecular complexity index is 581. The van der Waals surface area contributed by atoms with Gasteiger partial charge in [-0.1, -0.05) is 38.3 Å². The first kappa shape index (κ1) is 12.9. The van der Waals surface area contributed by atoms with Crippen molar-refractivity contribution in [2.45, 2.75) is 46.0 Å². The molecular formula is C16H20O2. The number of hydrogen-bond acceptors (Lipinski definition) is 2. The summed E-state index contributed by atoms with van der Waals surface area (Å²) in [5.74, 6) is 0. The van der Waals surface area contributed by atoms with E-state index in [0.717, 1.165) is 17.4 Å². The van der Waals surface area contributed by atoms with Crippen LogP contribution in [0.15, 0.2) is 33.5 Å². The van der Waals surface area contributed by atoms with E-state index in [0.29, 0.717) is 5.58 Å². The quantitative estimate of drug-likeness (QED) is 0.582. The van der Waals surface area contributed by atoms with Gasteiger partial charge in [0.25, 0.3) is 0 Å². The Hall–Kier alpha value is -1.57. The summed E-state index contributed by atoms with van der Waals surface area (Å²) in [6.45, 7) is 4.16. The Kier molecular flexibility index (Phi) is 4.19. The SMILES string of the molecule is CCCCCCc1ccc2c(C)cc(=O)oc2c1. The molecule has 2 rings (SSSR count). The summed E-state index contributed by atoms with van der Waals surface area (Å²) in [6.07, 6.45) is 6.09. The molecule has 0 atom stereocenters. The zero-order chi connectivity index (χ0) is 13.0. The van der Waals surface area contributed by atoms with Gasteiger partial charge in [0.1, 0.15) is 5.58 Å². The first-order valence-corrected chi connectivity index (χ1v) is 6.74. The van der Waals surface area contributed by atoms with Gasteiger partial charge in [-0.05, 0) is 37.0 Å². The summed E-state index contributed by atoms with van der Waals surface area (Å²) in [7, 11) is 0. The number of rotatable bonds is 5. The van der Waals surface area contributed by atoms with Crippen LogP contribution in [0.25, 0.3) is 11.0 Å². The molecule has 2 aromatic rings. The summed E-state index contributed by atoms with van der Waals surface area (Å²) in [6, 6.07) is 7.75. The van der Waals surface area contributed by atoms with E-state index >= 15 is 0 Å². The van der Waals surface area contributed by atoms with Gasteiger partial charge >= 0.3 is 5.63 Å². The van der Waals surface area contributed by atoms with E-state index in [-0.39, 0.29) is 5.63 Å². The number of benzene rings is 1. The van der Waals surface area contributed by atoms with Crippen LogP contribution in [0, 0.1) is 6.92 Å². The maximum absolute atomic E-state index is 11.3. The van der Waals surface area contributed by atoms with Crippen molar-refractivity contribution in [1.29, 1.82) is 0 Å². The van der Waals surface area contributed by atoms with Crippen molar-refractivity contribution in [3.8, 4) is 0 Å². The molecule has 0 saturated carbocycles. The minimum Gasteiger partial charge on any atom is -0.423 e. The fraction of sp³-hybridized carbons (Fsp3) is 0.438. The van der Waals surface area contributed by atoms with Crippen LogP contribution in [0.3, 0.4) is 0 Å². The second-order valence-corrected chi connectivity index (χ2v) is 4.89. The van der Waals surface area contributed by atoms with Crippen molar-refractivity contribution in [2.24, 2.45) is 0 Å². The molecule has 18 heavy (non-hydrogen) atoms. The summed E-state index contributed by atoms with van der Waals surface area (Å²) >= 11 is 0. The average Bonchev–Trinajstić information content (AvgIpc) is 2.34. The van der Waals surface area contributed by atoms with Crippen molar-refractivity contribution >= 4 is 11.0 Å². The zero-order valence-electron chi connectivity index (χ0n) is 11.2. The molecule has 0 aliphatic carbocycles. The van der Waals surface area contributed by atoms with Crippen LogP contribution in [0.5, 0.6) is 0 Å². The van der Waals surface area contributed by atoms with Crippen LogP contribution in [0.1, 0.15) is 43.7 Å². The van der Waals surface area contributed by atoms with Crippen molar-refractivity contribution in [3.63, 3.8) is 0 Å². The molecule has 96 valence electrons. The molecule has 0 unspecified atom stereocenters. The van der Waals surface area contributed by atoms with Gasteiger partial charge in [-0.2, -0.15) is 0 Å². The Morgan fingerprint density at radius 2 is 1.94 bits per heavy atom. The van der Waals surface area contributed by atoms with Crippen molar-refractivity contribution in [1.82, 2.24) is 0 Å². The lowest BCUT2D eigenvalue weighted by molar-refractivity contribution is 0.559. The standard InChI is InChI=1S/C16H20O2/c1-3-4-5-6-7-13-8-9-14-12(2)10-16(17)18-15(14)11-13/h8-11H,3-7H2,1-2H3. The predicted octanol–water partition coefficient (Wildman–Crippen LogP) is 4.22. The summed E-state index contributed by atoms with van der Waals surface area (Å²) in [4.78, 5) is 11.3. The van der Waals surface area contributed by atoms with Gasteiger partial charge in [0.15, 0.2) is 0 Å². The normalized spacial score (nSPS) is 11.0. The molecule has 0 bridgehead atoms. The van der Waals surface area contributed by atoms with Crippen molar-refractivity contribution < 1.29 is 4.42 Å². The van der Waals surface area contributed by atoms with Crippen molar-refractivity contribution in [3.05, 3.63) is 45.8 Å². The predicted molar refractivity (Wildman–Crippen MR) is 75.1 cm³/mol. The Labute approximate surface area is 108 Å². The topological polar surface area (TPSA) is 30.2 Å². The highest BCUT2D eigenvalue weighted by atomic mass is 16.4. The van der Waals surface area contributed by atoms with E-state index in [1.165, 1.54) is 31.2 Å². The third-order valence-electron chi connectivity index (χ3n) is 3.33. The van der Waals surface area contributed by atoms with Gasteiger partial charge in [0.2, 0.25) is 0 Å². The smallest absolute Gasteiger partial charge is 0.336 e. The molecule has 0 aliphatic heterocycles. The molecular weight excluding hydrogens is 224 g/mol. The molecule has 2 nitrogen and oxygen atoms in total. The molecule has 0 saturated heterocycles. The second-order valence-electron chi connectivity index (χ2n) is 4.89. The fourth-order valence-corrected chi connectivity index (χ4v) is 2.28. The van der Waals surface area contributed by atoms with E-state index in [4.69, 9.17) is 4.42 Å². The molecule has 0 fully saturated rings. The van der Waals surface area contributed by atoms with Crippen LogP contribution in [0.2, 0.25) is 0 Å². The number of fused-ring (bicyclic) bond motifs is 1. The van der Waals surface area contributed by atoms with Gasteiger partial charge < -0.3 is 4.42 Å². The first-order valence-electron chi connectivity index (χ1n) is 6.74. The minimum absolute atomic E-state index is 0.261. The van der Waals surface area contributed by atoms with Gasteiger partial charge in [0.05, 0.1) is 0 Å². The third kappa shape index (κ3) is 3.00. The molecule has 2 heteroatoms. The van der Waals surface area contributed by atoms with Crippen molar-refractivity contribution in [2.75, 3.05) is 0 Å². The lowest BCUT2D eigenvalue weighted by atomic mass is 10.0. The van der Waals surface area contributed by atoms with Gasteiger partial charge in [0, 0.05) is 11.5 Å².